The molecule has 192 valence electrons. The predicted molar refractivity (Wildman–Crippen MR) is 127 cm³/mol. The Morgan fingerprint density at radius 1 is 1.11 bits per heavy atom. The molecule has 2 rings (SSSR count). The van der Waals surface area contributed by atoms with Crippen molar-refractivity contribution < 1.29 is 33.4 Å². The molecular formula is C25H35N3O7. The molecule has 0 aliphatic carbocycles. The van der Waals surface area contributed by atoms with Gasteiger partial charge >= 0.3 is 18.0 Å². The molecule has 1 aromatic rings. The minimum Gasteiger partial charge on any atom is -0.444 e. The van der Waals surface area contributed by atoms with Crippen molar-refractivity contribution >= 4 is 29.8 Å². The lowest BCUT2D eigenvalue weighted by atomic mass is 10.1. The molecule has 0 saturated carbocycles. The van der Waals surface area contributed by atoms with Gasteiger partial charge in [-0.15, -0.1) is 0 Å². The molecule has 0 radical (unpaired) electrons. The van der Waals surface area contributed by atoms with E-state index in [1.807, 2.05) is 6.92 Å². The van der Waals surface area contributed by atoms with Gasteiger partial charge in [-0.05, 0) is 52.2 Å². The number of likely N-dealkylation sites (tertiary alicyclic amines) is 1. The average molecular weight is 490 g/mol. The topological polar surface area (TPSA) is 131 Å². The minimum absolute atomic E-state index is 0.238. The number of rotatable bonds is 9. The van der Waals surface area contributed by atoms with E-state index < -0.39 is 47.5 Å². The van der Waals surface area contributed by atoms with Crippen LogP contribution in [-0.2, 0) is 23.9 Å². The summed E-state index contributed by atoms with van der Waals surface area (Å²) in [5.74, 6) is -2.55. The molecule has 1 heterocycles. The standard InChI is InChI=1S/C25H35N3O7/c1-5-6-13-18(27-20(29)16-26-24(33)35-25(2,3)4)21(30)28-15-10-14-19(28)23(32)34-22(31)17-11-8-7-9-12-17/h7-9,11-12,18-19H,5-6,10,13-16H2,1-4H3,(H,26,33)(H,27,29)/t18-,19-/m0/s1. The van der Waals surface area contributed by atoms with E-state index in [9.17, 15) is 24.0 Å². The van der Waals surface area contributed by atoms with Crippen molar-refractivity contribution in [1.82, 2.24) is 15.5 Å². The third kappa shape index (κ3) is 9.03. The molecule has 3 amide bonds. The Morgan fingerprint density at radius 2 is 1.80 bits per heavy atom. The molecule has 2 atom stereocenters. The van der Waals surface area contributed by atoms with Crippen molar-refractivity contribution in [3.8, 4) is 0 Å². The first kappa shape index (κ1) is 27.8. The van der Waals surface area contributed by atoms with E-state index in [-0.39, 0.29) is 12.1 Å². The van der Waals surface area contributed by atoms with Crippen LogP contribution < -0.4 is 10.6 Å². The third-order valence-electron chi connectivity index (χ3n) is 5.28. The summed E-state index contributed by atoms with van der Waals surface area (Å²) < 4.78 is 10.1. The maximum Gasteiger partial charge on any atom is 0.408 e. The number of ether oxygens (including phenoxy) is 2. The molecule has 1 aliphatic rings. The summed E-state index contributed by atoms with van der Waals surface area (Å²) in [6.45, 7) is 7.03. The zero-order valence-corrected chi connectivity index (χ0v) is 20.8. The Balaban J connectivity index is 2.00. The first-order chi connectivity index (χ1) is 16.5. The molecule has 1 aliphatic heterocycles. The zero-order chi connectivity index (χ0) is 26.0. The van der Waals surface area contributed by atoms with Crippen molar-refractivity contribution in [1.29, 1.82) is 0 Å². The Kier molecular flexibility index (Phi) is 10.2. The van der Waals surface area contributed by atoms with Crippen LogP contribution in [0.3, 0.4) is 0 Å². The summed E-state index contributed by atoms with van der Waals surface area (Å²) in [5.41, 5.74) is -0.469. The number of carbonyl (C=O) groups excluding carboxylic acids is 5. The molecule has 35 heavy (non-hydrogen) atoms. The highest BCUT2D eigenvalue weighted by Crippen LogP contribution is 2.21. The molecule has 10 nitrogen and oxygen atoms in total. The summed E-state index contributed by atoms with van der Waals surface area (Å²) in [6, 6.07) is 6.35. The number of nitrogens with one attached hydrogen (secondary N) is 2. The summed E-state index contributed by atoms with van der Waals surface area (Å²) in [7, 11) is 0. The third-order valence-corrected chi connectivity index (χ3v) is 5.28. The predicted octanol–water partition coefficient (Wildman–Crippen LogP) is 2.56. The van der Waals surface area contributed by atoms with E-state index in [1.54, 1.807) is 39.0 Å². The number of amides is 3. The van der Waals surface area contributed by atoms with E-state index in [0.717, 1.165) is 6.42 Å². The Labute approximate surface area is 205 Å². The molecule has 0 spiro atoms. The van der Waals surface area contributed by atoms with E-state index in [4.69, 9.17) is 9.47 Å². The van der Waals surface area contributed by atoms with Gasteiger partial charge in [0.05, 0.1) is 5.56 Å². The molecule has 0 unspecified atom stereocenters. The Bertz CT molecular complexity index is 911. The van der Waals surface area contributed by atoms with Gasteiger partial charge in [0.25, 0.3) is 0 Å². The van der Waals surface area contributed by atoms with Gasteiger partial charge in [-0.2, -0.15) is 0 Å². The number of hydrogen-bond acceptors (Lipinski definition) is 7. The van der Waals surface area contributed by atoms with Crippen LogP contribution in [0.1, 0.15) is 70.2 Å². The number of hydrogen-bond donors (Lipinski definition) is 2. The van der Waals surface area contributed by atoms with Gasteiger partial charge in [0, 0.05) is 6.54 Å². The van der Waals surface area contributed by atoms with Gasteiger partial charge in [-0.25, -0.2) is 14.4 Å². The lowest BCUT2D eigenvalue weighted by Gasteiger charge is -2.28. The molecule has 0 bridgehead atoms. The first-order valence-corrected chi connectivity index (χ1v) is 11.9. The van der Waals surface area contributed by atoms with Crippen molar-refractivity contribution in [3.05, 3.63) is 35.9 Å². The van der Waals surface area contributed by atoms with Gasteiger partial charge < -0.3 is 25.0 Å². The monoisotopic (exact) mass is 489 g/mol. The van der Waals surface area contributed by atoms with Crippen LogP contribution >= 0.6 is 0 Å². The lowest BCUT2D eigenvalue weighted by Crippen LogP contribution is -2.53. The summed E-state index contributed by atoms with van der Waals surface area (Å²) in [6.07, 6.45) is 2.03. The van der Waals surface area contributed by atoms with Crippen LogP contribution in [-0.4, -0.2) is 65.5 Å². The molecule has 1 fully saturated rings. The van der Waals surface area contributed by atoms with Gasteiger partial charge in [0.1, 0.15) is 24.2 Å². The quantitative estimate of drug-likeness (QED) is 0.403. The van der Waals surface area contributed by atoms with Crippen molar-refractivity contribution in [3.63, 3.8) is 0 Å². The number of alkyl carbamates (subject to hydrolysis) is 1. The SMILES string of the molecule is CCCC[C@H](NC(=O)CNC(=O)OC(C)(C)C)C(=O)N1CCC[C@H]1C(=O)OC(=O)c1ccccc1. The van der Waals surface area contributed by atoms with E-state index >= 15 is 0 Å². The van der Waals surface area contributed by atoms with Gasteiger partial charge in [0.2, 0.25) is 11.8 Å². The van der Waals surface area contributed by atoms with Crippen molar-refractivity contribution in [2.24, 2.45) is 0 Å². The number of esters is 2. The van der Waals surface area contributed by atoms with Gasteiger partial charge in [-0.3, -0.25) is 9.59 Å². The Morgan fingerprint density at radius 3 is 2.43 bits per heavy atom. The summed E-state index contributed by atoms with van der Waals surface area (Å²) in [5, 5.41) is 5.02. The number of nitrogens with zero attached hydrogens (tertiary/aromatic N) is 1. The normalized spacial score (nSPS) is 16.2. The van der Waals surface area contributed by atoms with Crippen LogP contribution in [0.2, 0.25) is 0 Å². The van der Waals surface area contributed by atoms with Crippen LogP contribution in [0.15, 0.2) is 30.3 Å². The maximum atomic E-state index is 13.3. The van der Waals surface area contributed by atoms with Crippen LogP contribution in [0.5, 0.6) is 0 Å². The lowest BCUT2D eigenvalue weighted by molar-refractivity contribution is -0.150. The largest absolute Gasteiger partial charge is 0.444 e. The fraction of sp³-hybridized carbons (Fsp3) is 0.560. The number of benzene rings is 1. The van der Waals surface area contributed by atoms with E-state index in [0.29, 0.717) is 32.2 Å². The molecule has 1 aromatic carbocycles. The van der Waals surface area contributed by atoms with Gasteiger partial charge in [0.15, 0.2) is 0 Å². The van der Waals surface area contributed by atoms with Crippen LogP contribution in [0.4, 0.5) is 4.79 Å². The zero-order valence-electron chi connectivity index (χ0n) is 20.8. The Hall–Kier alpha value is -3.43. The van der Waals surface area contributed by atoms with Crippen LogP contribution in [0.25, 0.3) is 0 Å². The summed E-state index contributed by atoms with van der Waals surface area (Å²) in [4.78, 5) is 63.9. The molecule has 0 aromatic heterocycles. The molecule has 1 saturated heterocycles. The first-order valence-electron chi connectivity index (χ1n) is 11.9. The van der Waals surface area contributed by atoms with E-state index in [2.05, 4.69) is 10.6 Å². The van der Waals surface area contributed by atoms with Crippen LogP contribution in [0, 0.1) is 0 Å². The van der Waals surface area contributed by atoms with Crippen molar-refractivity contribution in [2.75, 3.05) is 13.1 Å². The highest BCUT2D eigenvalue weighted by atomic mass is 16.6. The second-order valence-electron chi connectivity index (χ2n) is 9.38. The molecule has 10 heteroatoms. The summed E-state index contributed by atoms with van der Waals surface area (Å²) >= 11 is 0. The number of unbranched alkanes of at least 4 members (excludes halogenated alkanes) is 1. The molecule has 2 N–H and O–H groups in total. The van der Waals surface area contributed by atoms with E-state index in [1.165, 1.54) is 17.0 Å². The minimum atomic E-state index is -0.906. The fourth-order valence-corrected chi connectivity index (χ4v) is 3.65. The molecular weight excluding hydrogens is 454 g/mol. The number of carbonyl (C=O) groups is 5. The smallest absolute Gasteiger partial charge is 0.408 e. The second kappa shape index (κ2) is 12.9. The highest BCUT2D eigenvalue weighted by Gasteiger charge is 2.39. The second-order valence-corrected chi connectivity index (χ2v) is 9.38. The fourth-order valence-electron chi connectivity index (χ4n) is 3.65. The van der Waals surface area contributed by atoms with Crippen molar-refractivity contribution in [2.45, 2.75) is 77.5 Å². The highest BCUT2D eigenvalue weighted by molar-refractivity contribution is 5.99. The van der Waals surface area contributed by atoms with Gasteiger partial charge in [-0.1, -0.05) is 38.0 Å². The maximum absolute atomic E-state index is 13.3. The average Bonchev–Trinajstić information content (AvgIpc) is 3.29.